The molecule has 1 aliphatic carbocycles. The number of nitrogens with one attached hydrogen (secondary N) is 1. The molecule has 0 atom stereocenters. The second-order valence-electron chi connectivity index (χ2n) is 4.44. The molecule has 1 fully saturated rings. The van der Waals surface area contributed by atoms with Crippen LogP contribution in [-0.4, -0.2) is 13.2 Å². The third-order valence-electron chi connectivity index (χ3n) is 3.09. The molecule has 0 unspecified atom stereocenters. The predicted molar refractivity (Wildman–Crippen MR) is 78.6 cm³/mol. The van der Waals surface area contributed by atoms with Crippen molar-refractivity contribution in [2.24, 2.45) is 0 Å². The molecule has 0 aliphatic heterocycles. The number of methoxy groups -OCH3 is 1. The van der Waals surface area contributed by atoms with E-state index in [1.807, 2.05) is 12.1 Å². The molecule has 5 heteroatoms. The Morgan fingerprint density at radius 2 is 1.83 bits per heavy atom. The Morgan fingerprint density at radius 3 is 2.39 bits per heavy atom. The van der Waals surface area contributed by atoms with Crippen LogP contribution in [0.15, 0.2) is 21.1 Å². The van der Waals surface area contributed by atoms with Gasteiger partial charge in [-0.25, -0.2) is 0 Å². The van der Waals surface area contributed by atoms with E-state index >= 15 is 0 Å². The van der Waals surface area contributed by atoms with E-state index in [9.17, 15) is 0 Å². The number of hydrogen-bond donors (Lipinski definition) is 1. The van der Waals surface area contributed by atoms with Crippen LogP contribution in [0.4, 0.5) is 0 Å². The largest absolute Gasteiger partial charge is 0.494 e. The molecule has 0 spiro atoms. The van der Waals surface area contributed by atoms with Crippen LogP contribution in [0.5, 0.6) is 5.75 Å². The van der Waals surface area contributed by atoms with Crippen molar-refractivity contribution in [3.63, 3.8) is 0 Å². The van der Waals surface area contributed by atoms with E-state index in [1.165, 1.54) is 25.7 Å². The van der Waals surface area contributed by atoms with Gasteiger partial charge in [-0.3, -0.25) is 4.84 Å². The van der Waals surface area contributed by atoms with Crippen LogP contribution in [0.1, 0.15) is 31.2 Å². The summed E-state index contributed by atoms with van der Waals surface area (Å²) >= 11 is 6.99. The average Bonchev–Trinajstić information content (AvgIpc) is 2.82. The van der Waals surface area contributed by atoms with Crippen molar-refractivity contribution < 1.29 is 9.57 Å². The first kappa shape index (κ1) is 14.3. The first-order valence-corrected chi connectivity index (χ1v) is 7.69. The minimum absolute atomic E-state index is 0.384. The topological polar surface area (TPSA) is 30.5 Å². The van der Waals surface area contributed by atoms with E-state index in [1.54, 1.807) is 7.11 Å². The third kappa shape index (κ3) is 3.70. The Bertz CT molecular complexity index is 383. The smallest absolute Gasteiger partial charge is 0.147 e. The Hall–Kier alpha value is -0.100. The standard InChI is InChI=1S/C13H17Br2NO2/c1-17-13-11(14)6-9(7-12(13)15)8-16-18-10-4-2-3-5-10/h6-7,10,16H,2-5,8H2,1H3. The highest BCUT2D eigenvalue weighted by molar-refractivity contribution is 9.11. The highest BCUT2D eigenvalue weighted by Crippen LogP contribution is 2.34. The van der Waals surface area contributed by atoms with Crippen molar-refractivity contribution in [3.05, 3.63) is 26.6 Å². The second-order valence-corrected chi connectivity index (χ2v) is 6.15. The van der Waals surface area contributed by atoms with Crippen LogP contribution in [0, 0.1) is 0 Å². The van der Waals surface area contributed by atoms with Gasteiger partial charge in [0.15, 0.2) is 0 Å². The van der Waals surface area contributed by atoms with Gasteiger partial charge in [0.05, 0.1) is 22.2 Å². The average molecular weight is 379 g/mol. The van der Waals surface area contributed by atoms with Crippen molar-refractivity contribution in [3.8, 4) is 5.75 Å². The minimum atomic E-state index is 0.384. The van der Waals surface area contributed by atoms with Gasteiger partial charge in [0, 0.05) is 6.54 Å². The van der Waals surface area contributed by atoms with E-state index in [0.29, 0.717) is 12.6 Å². The van der Waals surface area contributed by atoms with Crippen LogP contribution in [0.3, 0.4) is 0 Å². The molecule has 0 aromatic heterocycles. The quantitative estimate of drug-likeness (QED) is 0.779. The summed E-state index contributed by atoms with van der Waals surface area (Å²) in [5.74, 6) is 0.815. The lowest BCUT2D eigenvalue weighted by Crippen LogP contribution is -2.21. The fourth-order valence-corrected chi connectivity index (χ4v) is 3.76. The van der Waals surface area contributed by atoms with Gasteiger partial charge < -0.3 is 4.74 Å². The highest BCUT2D eigenvalue weighted by atomic mass is 79.9. The molecule has 1 aromatic rings. The molecular formula is C13H17Br2NO2. The number of hydrogen-bond acceptors (Lipinski definition) is 3. The Morgan fingerprint density at radius 1 is 1.22 bits per heavy atom. The molecule has 100 valence electrons. The highest BCUT2D eigenvalue weighted by Gasteiger charge is 2.15. The van der Waals surface area contributed by atoms with E-state index < -0.39 is 0 Å². The number of ether oxygens (including phenoxy) is 1. The molecule has 2 rings (SSSR count). The molecule has 0 amide bonds. The molecule has 0 saturated heterocycles. The second kappa shape index (κ2) is 6.89. The summed E-state index contributed by atoms with van der Waals surface area (Å²) in [6, 6.07) is 4.07. The fraction of sp³-hybridized carbons (Fsp3) is 0.538. The Labute approximate surface area is 124 Å². The maximum Gasteiger partial charge on any atom is 0.147 e. The monoisotopic (exact) mass is 377 g/mol. The van der Waals surface area contributed by atoms with Crippen molar-refractivity contribution >= 4 is 31.9 Å². The molecule has 3 nitrogen and oxygen atoms in total. The van der Waals surface area contributed by atoms with E-state index in [0.717, 1.165) is 20.3 Å². The van der Waals surface area contributed by atoms with Crippen LogP contribution >= 0.6 is 31.9 Å². The van der Waals surface area contributed by atoms with Gasteiger partial charge in [0.2, 0.25) is 0 Å². The molecule has 1 aromatic carbocycles. The van der Waals surface area contributed by atoms with E-state index in [2.05, 4.69) is 37.3 Å². The summed E-state index contributed by atoms with van der Waals surface area (Å²) in [7, 11) is 1.66. The SMILES string of the molecule is COc1c(Br)cc(CNOC2CCCC2)cc1Br. The van der Waals surface area contributed by atoms with Crippen molar-refractivity contribution in [1.82, 2.24) is 5.48 Å². The first-order chi connectivity index (χ1) is 8.70. The summed E-state index contributed by atoms with van der Waals surface area (Å²) in [6.07, 6.45) is 5.29. The predicted octanol–water partition coefficient (Wildman–Crippen LogP) is 4.18. The van der Waals surface area contributed by atoms with Crippen LogP contribution in [0.2, 0.25) is 0 Å². The normalized spacial score (nSPS) is 16.2. The summed E-state index contributed by atoms with van der Waals surface area (Å²) < 4.78 is 7.15. The lowest BCUT2D eigenvalue weighted by atomic mass is 10.2. The van der Waals surface area contributed by atoms with Gasteiger partial charge in [-0.05, 0) is 62.4 Å². The maximum absolute atomic E-state index is 5.63. The fourth-order valence-electron chi connectivity index (χ4n) is 2.16. The summed E-state index contributed by atoms with van der Waals surface area (Å²) in [5, 5.41) is 0. The maximum atomic E-state index is 5.63. The Kier molecular flexibility index (Phi) is 5.48. The van der Waals surface area contributed by atoms with Crippen LogP contribution in [-0.2, 0) is 11.4 Å². The zero-order valence-electron chi connectivity index (χ0n) is 10.3. The van der Waals surface area contributed by atoms with Gasteiger partial charge in [0.1, 0.15) is 5.75 Å². The van der Waals surface area contributed by atoms with Crippen molar-refractivity contribution in [1.29, 1.82) is 0 Å². The minimum Gasteiger partial charge on any atom is -0.494 e. The number of halogens is 2. The van der Waals surface area contributed by atoms with Gasteiger partial charge in [-0.15, -0.1) is 0 Å². The molecular weight excluding hydrogens is 362 g/mol. The van der Waals surface area contributed by atoms with E-state index in [4.69, 9.17) is 9.57 Å². The third-order valence-corrected chi connectivity index (χ3v) is 4.27. The number of hydroxylamine groups is 1. The summed E-state index contributed by atoms with van der Waals surface area (Å²) in [6.45, 7) is 0.692. The molecule has 1 N–H and O–H groups in total. The zero-order valence-corrected chi connectivity index (χ0v) is 13.5. The van der Waals surface area contributed by atoms with Gasteiger partial charge >= 0.3 is 0 Å². The molecule has 1 aliphatic rings. The van der Waals surface area contributed by atoms with Gasteiger partial charge in [-0.2, -0.15) is 5.48 Å². The number of benzene rings is 1. The molecule has 1 saturated carbocycles. The summed E-state index contributed by atoms with van der Waals surface area (Å²) in [5.41, 5.74) is 4.20. The summed E-state index contributed by atoms with van der Waals surface area (Å²) in [4.78, 5) is 5.63. The first-order valence-electron chi connectivity index (χ1n) is 6.11. The van der Waals surface area contributed by atoms with Gasteiger partial charge in [-0.1, -0.05) is 12.8 Å². The van der Waals surface area contributed by atoms with Crippen LogP contribution in [0.25, 0.3) is 0 Å². The Balaban J connectivity index is 1.89. The molecule has 0 bridgehead atoms. The van der Waals surface area contributed by atoms with E-state index in [-0.39, 0.29) is 0 Å². The number of rotatable bonds is 5. The van der Waals surface area contributed by atoms with Crippen molar-refractivity contribution in [2.45, 2.75) is 38.3 Å². The van der Waals surface area contributed by atoms with Crippen molar-refractivity contribution in [2.75, 3.05) is 7.11 Å². The van der Waals surface area contributed by atoms with Crippen LogP contribution < -0.4 is 10.2 Å². The lowest BCUT2D eigenvalue weighted by Gasteiger charge is -2.13. The lowest BCUT2D eigenvalue weighted by molar-refractivity contribution is -0.0244. The van der Waals surface area contributed by atoms with Gasteiger partial charge in [0.25, 0.3) is 0 Å². The molecule has 0 heterocycles. The molecule has 0 radical (unpaired) electrons. The molecule has 18 heavy (non-hydrogen) atoms. The zero-order chi connectivity index (χ0) is 13.0.